The Morgan fingerprint density at radius 3 is 2.95 bits per heavy atom. The summed E-state index contributed by atoms with van der Waals surface area (Å²) < 4.78 is 0. The van der Waals surface area contributed by atoms with Crippen LogP contribution >= 0.6 is 0 Å². The summed E-state index contributed by atoms with van der Waals surface area (Å²) in [7, 11) is 0. The van der Waals surface area contributed by atoms with Crippen LogP contribution in [0.5, 0.6) is 0 Å². The molecule has 1 saturated carbocycles. The Hall–Kier alpha value is -1.59. The monoisotopic (exact) mass is 289 g/mol. The Balaban J connectivity index is 1.55. The molecule has 1 aromatic rings. The molecule has 1 aliphatic carbocycles. The average Bonchev–Trinajstić information content (AvgIpc) is 2.95. The highest BCUT2D eigenvalue weighted by molar-refractivity contribution is 5.95. The van der Waals surface area contributed by atoms with Crippen LogP contribution in [0.15, 0.2) is 18.2 Å². The van der Waals surface area contributed by atoms with Crippen LogP contribution in [-0.2, 0) is 4.79 Å². The number of aryl methyl sites for hydroxylation is 1. The lowest BCUT2D eigenvalue weighted by atomic mass is 10.00. The Kier molecular flexibility index (Phi) is 3.87. The van der Waals surface area contributed by atoms with Gasteiger partial charge in [-0.2, -0.15) is 0 Å². The van der Waals surface area contributed by atoms with E-state index in [4.69, 9.17) is 5.73 Å². The van der Waals surface area contributed by atoms with E-state index >= 15 is 0 Å². The van der Waals surface area contributed by atoms with Crippen LogP contribution in [0.1, 0.15) is 18.4 Å². The van der Waals surface area contributed by atoms with E-state index < -0.39 is 0 Å². The Labute approximate surface area is 125 Å². The van der Waals surface area contributed by atoms with Gasteiger partial charge in [-0.15, -0.1) is 0 Å². The third-order valence-corrected chi connectivity index (χ3v) is 4.74. The molecular formula is C16H23N3O2. The molecule has 1 saturated heterocycles. The number of likely N-dealkylation sites (tertiary alicyclic amines) is 1. The Morgan fingerprint density at radius 2 is 2.24 bits per heavy atom. The largest absolute Gasteiger partial charge is 0.397 e. The van der Waals surface area contributed by atoms with E-state index in [0.717, 1.165) is 31.5 Å². The van der Waals surface area contributed by atoms with Crippen LogP contribution < -0.4 is 11.1 Å². The number of nitrogens with zero attached hydrogens (tertiary/aromatic N) is 1. The van der Waals surface area contributed by atoms with Gasteiger partial charge in [0.05, 0.1) is 24.0 Å². The lowest BCUT2D eigenvalue weighted by Gasteiger charge is -2.18. The van der Waals surface area contributed by atoms with E-state index in [1.807, 2.05) is 25.1 Å². The molecule has 0 spiro atoms. The molecule has 2 fully saturated rings. The third-order valence-electron chi connectivity index (χ3n) is 4.74. The first-order valence-electron chi connectivity index (χ1n) is 7.59. The van der Waals surface area contributed by atoms with Gasteiger partial charge < -0.3 is 16.2 Å². The summed E-state index contributed by atoms with van der Waals surface area (Å²) >= 11 is 0. The van der Waals surface area contributed by atoms with Gasteiger partial charge >= 0.3 is 0 Å². The summed E-state index contributed by atoms with van der Waals surface area (Å²) in [6.45, 7) is 4.07. The quantitative estimate of drug-likeness (QED) is 0.731. The van der Waals surface area contributed by atoms with E-state index in [1.165, 1.54) is 0 Å². The minimum absolute atomic E-state index is 0.0417. The first kappa shape index (κ1) is 14.4. The number of rotatable bonds is 3. The van der Waals surface area contributed by atoms with E-state index in [-0.39, 0.29) is 12.0 Å². The minimum atomic E-state index is -0.184. The molecule has 5 nitrogen and oxygen atoms in total. The molecule has 0 aromatic heterocycles. The SMILES string of the molecule is Cc1ccc(NC(=O)CN2CC3CCC(O)C3C2)c(N)c1. The topological polar surface area (TPSA) is 78.6 Å². The predicted molar refractivity (Wildman–Crippen MR) is 82.9 cm³/mol. The minimum Gasteiger partial charge on any atom is -0.397 e. The lowest BCUT2D eigenvalue weighted by molar-refractivity contribution is -0.117. The van der Waals surface area contributed by atoms with Crippen molar-refractivity contribution in [3.05, 3.63) is 23.8 Å². The highest BCUT2D eigenvalue weighted by Gasteiger charge is 2.41. The van der Waals surface area contributed by atoms with Crippen molar-refractivity contribution < 1.29 is 9.90 Å². The number of fused-ring (bicyclic) bond motifs is 1. The third kappa shape index (κ3) is 3.04. The van der Waals surface area contributed by atoms with Crippen molar-refractivity contribution in [1.29, 1.82) is 0 Å². The number of benzene rings is 1. The zero-order chi connectivity index (χ0) is 15.0. The molecule has 0 bridgehead atoms. The van der Waals surface area contributed by atoms with Crippen LogP contribution in [-0.4, -0.2) is 41.7 Å². The van der Waals surface area contributed by atoms with Gasteiger partial charge in [0.1, 0.15) is 0 Å². The molecule has 0 radical (unpaired) electrons. The first-order valence-corrected chi connectivity index (χ1v) is 7.59. The molecule has 3 unspecified atom stereocenters. The number of aliphatic hydroxyl groups excluding tert-OH is 1. The van der Waals surface area contributed by atoms with Gasteiger partial charge in [-0.05, 0) is 43.4 Å². The maximum Gasteiger partial charge on any atom is 0.238 e. The van der Waals surface area contributed by atoms with Gasteiger partial charge in [0, 0.05) is 19.0 Å². The van der Waals surface area contributed by atoms with Crippen molar-refractivity contribution >= 4 is 17.3 Å². The smallest absolute Gasteiger partial charge is 0.238 e. The van der Waals surface area contributed by atoms with Crippen LogP contribution in [0.25, 0.3) is 0 Å². The summed E-state index contributed by atoms with van der Waals surface area (Å²) in [6.07, 6.45) is 1.81. The van der Waals surface area contributed by atoms with E-state index in [1.54, 1.807) is 0 Å². The first-order chi connectivity index (χ1) is 10.0. The molecular weight excluding hydrogens is 266 g/mol. The second-order valence-electron chi connectivity index (χ2n) is 6.40. The normalized spacial score (nSPS) is 28.6. The average molecular weight is 289 g/mol. The molecule has 1 aliphatic heterocycles. The summed E-state index contributed by atoms with van der Waals surface area (Å²) in [5.74, 6) is 0.861. The van der Waals surface area contributed by atoms with Crippen molar-refractivity contribution in [3.8, 4) is 0 Å². The number of carbonyl (C=O) groups is 1. The number of aliphatic hydroxyl groups is 1. The molecule has 1 amide bonds. The van der Waals surface area contributed by atoms with Crippen molar-refractivity contribution in [2.24, 2.45) is 11.8 Å². The molecule has 3 atom stereocenters. The number of nitrogens with one attached hydrogen (secondary N) is 1. The number of nitrogens with two attached hydrogens (primary N) is 1. The van der Waals surface area contributed by atoms with Crippen LogP contribution in [0.4, 0.5) is 11.4 Å². The maximum atomic E-state index is 12.1. The molecule has 1 aromatic carbocycles. The summed E-state index contributed by atoms with van der Waals surface area (Å²) in [5, 5.41) is 12.8. The molecule has 114 valence electrons. The number of amides is 1. The highest BCUT2D eigenvalue weighted by atomic mass is 16.3. The molecule has 1 heterocycles. The van der Waals surface area contributed by atoms with Gasteiger partial charge in [0.2, 0.25) is 5.91 Å². The number of carbonyl (C=O) groups excluding carboxylic acids is 1. The van der Waals surface area contributed by atoms with E-state index in [2.05, 4.69) is 10.2 Å². The van der Waals surface area contributed by atoms with Crippen LogP contribution in [0.2, 0.25) is 0 Å². The van der Waals surface area contributed by atoms with Gasteiger partial charge in [-0.3, -0.25) is 9.69 Å². The number of hydrogen-bond donors (Lipinski definition) is 3. The summed E-state index contributed by atoms with van der Waals surface area (Å²) in [6, 6.07) is 5.62. The standard InChI is InChI=1S/C16H23N3O2/c1-10-2-4-14(13(17)6-10)18-16(21)9-19-7-11-3-5-15(20)12(11)8-19/h2,4,6,11-12,15,20H,3,5,7-9,17H2,1H3,(H,18,21). The van der Waals surface area contributed by atoms with Crippen LogP contribution in [0, 0.1) is 18.8 Å². The fourth-order valence-corrected chi connectivity index (χ4v) is 3.65. The second-order valence-corrected chi connectivity index (χ2v) is 6.40. The Bertz CT molecular complexity index is 546. The van der Waals surface area contributed by atoms with Crippen molar-refractivity contribution in [2.75, 3.05) is 30.7 Å². The van der Waals surface area contributed by atoms with Gasteiger partial charge in [0.25, 0.3) is 0 Å². The zero-order valence-electron chi connectivity index (χ0n) is 12.4. The second kappa shape index (κ2) is 5.66. The zero-order valence-corrected chi connectivity index (χ0v) is 12.4. The molecule has 21 heavy (non-hydrogen) atoms. The van der Waals surface area contributed by atoms with Gasteiger partial charge in [0.15, 0.2) is 0 Å². The van der Waals surface area contributed by atoms with Crippen molar-refractivity contribution in [2.45, 2.75) is 25.9 Å². The highest BCUT2D eigenvalue weighted by Crippen LogP contribution is 2.37. The molecule has 3 rings (SSSR count). The number of anilines is 2. The van der Waals surface area contributed by atoms with Crippen LogP contribution in [0.3, 0.4) is 0 Å². The number of hydrogen-bond acceptors (Lipinski definition) is 4. The molecule has 4 N–H and O–H groups in total. The Morgan fingerprint density at radius 1 is 1.43 bits per heavy atom. The van der Waals surface area contributed by atoms with E-state index in [9.17, 15) is 9.90 Å². The van der Waals surface area contributed by atoms with Crippen molar-refractivity contribution in [3.63, 3.8) is 0 Å². The van der Waals surface area contributed by atoms with Gasteiger partial charge in [-0.1, -0.05) is 6.07 Å². The lowest BCUT2D eigenvalue weighted by Crippen LogP contribution is -2.33. The maximum absolute atomic E-state index is 12.1. The summed E-state index contributed by atoms with van der Waals surface area (Å²) in [4.78, 5) is 14.3. The van der Waals surface area contributed by atoms with Gasteiger partial charge in [-0.25, -0.2) is 0 Å². The van der Waals surface area contributed by atoms with Crippen molar-refractivity contribution in [1.82, 2.24) is 4.90 Å². The van der Waals surface area contributed by atoms with E-state index in [0.29, 0.717) is 29.8 Å². The fourth-order valence-electron chi connectivity index (χ4n) is 3.65. The number of nitrogen functional groups attached to an aromatic ring is 1. The molecule has 2 aliphatic rings. The fraction of sp³-hybridized carbons (Fsp3) is 0.562. The molecule has 5 heteroatoms. The summed E-state index contributed by atoms with van der Waals surface area (Å²) in [5.41, 5.74) is 8.25. The predicted octanol–water partition coefficient (Wildman–Crippen LogP) is 1.22.